The van der Waals surface area contributed by atoms with E-state index in [4.69, 9.17) is 19.9 Å². The monoisotopic (exact) mass is 542 g/mol. The molecule has 0 spiro atoms. The van der Waals surface area contributed by atoms with Crippen molar-refractivity contribution in [3.63, 3.8) is 0 Å². The quantitative estimate of drug-likeness (QED) is 0.395. The Morgan fingerprint density at radius 2 is 1.90 bits per heavy atom. The Hall–Kier alpha value is -4.42. The number of ether oxygens (including phenoxy) is 3. The highest BCUT2D eigenvalue weighted by Crippen LogP contribution is 2.38. The van der Waals surface area contributed by atoms with Gasteiger partial charge in [0, 0.05) is 31.4 Å². The van der Waals surface area contributed by atoms with Crippen molar-refractivity contribution in [2.45, 2.75) is 38.0 Å². The minimum absolute atomic E-state index is 0.0235. The van der Waals surface area contributed by atoms with Gasteiger partial charge in [-0.15, -0.1) is 5.10 Å². The van der Waals surface area contributed by atoms with Crippen LogP contribution in [0.1, 0.15) is 41.2 Å². The summed E-state index contributed by atoms with van der Waals surface area (Å²) in [6.45, 7) is 3.72. The van der Waals surface area contributed by atoms with Crippen LogP contribution in [-0.4, -0.2) is 64.8 Å². The van der Waals surface area contributed by atoms with E-state index in [2.05, 4.69) is 22.0 Å². The van der Waals surface area contributed by atoms with Crippen molar-refractivity contribution < 1.29 is 32.6 Å². The Morgan fingerprint density at radius 3 is 2.51 bits per heavy atom. The summed E-state index contributed by atoms with van der Waals surface area (Å²) >= 11 is 0. The smallest absolute Gasteiger partial charge is 0.255 e. The Balaban J connectivity index is 1.58. The zero-order chi connectivity index (χ0) is 27.8. The van der Waals surface area contributed by atoms with Gasteiger partial charge in [-0.3, -0.25) is 14.3 Å². The van der Waals surface area contributed by atoms with Crippen LogP contribution in [0.5, 0.6) is 17.4 Å². The van der Waals surface area contributed by atoms with Gasteiger partial charge in [-0.2, -0.15) is 0 Å². The first-order valence-electron chi connectivity index (χ1n) is 12.4. The molecule has 1 aliphatic carbocycles. The van der Waals surface area contributed by atoms with Crippen molar-refractivity contribution in [1.82, 2.24) is 25.0 Å². The number of halogens is 2. The largest absolute Gasteiger partial charge is 0.494 e. The second-order valence-electron chi connectivity index (χ2n) is 9.39. The van der Waals surface area contributed by atoms with Crippen molar-refractivity contribution in [2.75, 3.05) is 33.0 Å². The molecule has 0 bridgehead atoms. The van der Waals surface area contributed by atoms with Crippen LogP contribution in [0, 0.1) is 11.6 Å². The number of carbonyl (C=O) groups is 2. The highest BCUT2D eigenvalue weighted by molar-refractivity contribution is 6.09. The van der Waals surface area contributed by atoms with E-state index in [1.165, 1.54) is 26.5 Å². The third kappa shape index (κ3) is 4.79. The van der Waals surface area contributed by atoms with E-state index in [0.717, 1.165) is 18.9 Å². The number of likely N-dealkylation sites (tertiary alicyclic amines) is 1. The number of amides is 2. The zero-order valence-corrected chi connectivity index (χ0v) is 21.5. The minimum atomic E-state index is -0.954. The number of hydrogen-bond donors (Lipinski definition) is 2. The van der Waals surface area contributed by atoms with E-state index < -0.39 is 23.8 Å². The lowest BCUT2D eigenvalue weighted by Gasteiger charge is -2.16. The molecule has 0 radical (unpaired) electrons. The highest BCUT2D eigenvalue weighted by atomic mass is 19.1. The van der Waals surface area contributed by atoms with Crippen LogP contribution in [-0.2, 0) is 11.4 Å². The number of rotatable bonds is 9. The molecule has 13 heteroatoms. The number of hydrogen-bond acceptors (Lipinski definition) is 8. The van der Waals surface area contributed by atoms with Crippen molar-refractivity contribution in [3.05, 3.63) is 47.7 Å². The van der Waals surface area contributed by atoms with Gasteiger partial charge in [-0.25, -0.2) is 13.8 Å². The third-order valence-electron chi connectivity index (χ3n) is 6.89. The number of nitrogens with zero attached hydrogens (tertiary/aromatic N) is 4. The molecular weight excluding hydrogens is 514 g/mol. The van der Waals surface area contributed by atoms with E-state index >= 15 is 0 Å². The van der Waals surface area contributed by atoms with Crippen LogP contribution in [0.25, 0.3) is 10.9 Å². The topological polar surface area (TPSA) is 134 Å². The molecule has 3 aromatic rings. The summed E-state index contributed by atoms with van der Waals surface area (Å²) in [5, 5.41) is 7.73. The number of pyridine rings is 1. The highest BCUT2D eigenvalue weighted by Gasteiger charge is 2.33. The SMILES string of the molecule is C=CC(=O)N1CC[C@H](n2nc(OCc3c(F)c(OC)cc(OC)c3F)c3c(N)ncc(C(=O)NC4CC4)c32)C1. The van der Waals surface area contributed by atoms with E-state index in [-0.39, 0.29) is 58.0 Å². The second-order valence-corrected chi connectivity index (χ2v) is 9.39. The summed E-state index contributed by atoms with van der Waals surface area (Å²) in [7, 11) is 2.50. The maximum absolute atomic E-state index is 15.0. The number of nitrogens with one attached hydrogen (secondary N) is 1. The summed E-state index contributed by atoms with van der Waals surface area (Å²) in [6, 6.07) is 0.855. The minimum Gasteiger partial charge on any atom is -0.494 e. The molecule has 1 saturated carbocycles. The molecule has 2 aliphatic rings. The zero-order valence-electron chi connectivity index (χ0n) is 21.5. The van der Waals surface area contributed by atoms with Crippen LogP contribution < -0.4 is 25.3 Å². The summed E-state index contributed by atoms with van der Waals surface area (Å²) in [5.41, 5.74) is 6.37. The lowest BCUT2D eigenvalue weighted by molar-refractivity contribution is -0.125. The van der Waals surface area contributed by atoms with E-state index in [1.54, 1.807) is 9.58 Å². The number of benzene rings is 1. The number of nitrogens with two attached hydrogens (primary N) is 1. The molecule has 1 aromatic carbocycles. The Morgan fingerprint density at radius 1 is 1.21 bits per heavy atom. The fourth-order valence-corrected chi connectivity index (χ4v) is 4.66. The van der Waals surface area contributed by atoms with E-state index in [0.29, 0.717) is 25.0 Å². The predicted molar refractivity (Wildman–Crippen MR) is 137 cm³/mol. The normalized spacial score (nSPS) is 16.8. The Bertz CT molecular complexity index is 1440. The molecule has 3 N–H and O–H groups in total. The molecular formula is C26H28F2N6O5. The molecule has 1 saturated heterocycles. The first-order valence-corrected chi connectivity index (χ1v) is 12.4. The Kier molecular flexibility index (Phi) is 6.98. The third-order valence-corrected chi connectivity index (χ3v) is 6.89. The number of anilines is 1. The average Bonchev–Trinajstić information content (AvgIpc) is 3.45. The van der Waals surface area contributed by atoms with Crippen LogP contribution in [0.2, 0.25) is 0 Å². The molecule has 2 amide bonds. The summed E-state index contributed by atoms with van der Waals surface area (Å²) in [4.78, 5) is 31.2. The molecule has 2 aromatic heterocycles. The van der Waals surface area contributed by atoms with E-state index in [1.807, 2.05) is 0 Å². The first kappa shape index (κ1) is 26.2. The fraction of sp³-hybridized carbons (Fsp3) is 0.385. The van der Waals surface area contributed by atoms with Crippen molar-refractivity contribution in [1.29, 1.82) is 0 Å². The van der Waals surface area contributed by atoms with Crippen molar-refractivity contribution in [2.24, 2.45) is 0 Å². The van der Waals surface area contributed by atoms with Crippen molar-refractivity contribution >= 4 is 28.5 Å². The summed E-state index contributed by atoms with van der Waals surface area (Å²) < 4.78 is 47.4. The molecule has 2 fully saturated rings. The maximum atomic E-state index is 15.0. The molecule has 3 heterocycles. The van der Waals surface area contributed by atoms with Gasteiger partial charge in [-0.05, 0) is 25.3 Å². The number of fused-ring (bicyclic) bond motifs is 1. The van der Waals surface area contributed by atoms with Crippen LogP contribution in [0.15, 0.2) is 24.9 Å². The Labute approximate surface area is 222 Å². The van der Waals surface area contributed by atoms with Gasteiger partial charge < -0.3 is 30.2 Å². The standard InChI is InChI=1S/C26H28F2N6O5/c1-4-19(35)33-8-7-14(11-33)34-23-15(25(36)31-13-5-6-13)10-30-24(29)20(23)26(32-34)39-12-16-21(27)17(37-2)9-18(38-3)22(16)28/h4,9-10,13-14H,1,5-8,11-12H2,2-3H3,(H2,29,30)(H,31,36)/t14-/m0/s1. The van der Waals surface area contributed by atoms with E-state index in [9.17, 15) is 18.4 Å². The van der Waals surface area contributed by atoms with Gasteiger partial charge in [-0.1, -0.05) is 6.58 Å². The number of carbonyl (C=O) groups excluding carboxylic acids is 2. The predicted octanol–water partition coefficient (Wildman–Crippen LogP) is 2.74. The first-order chi connectivity index (χ1) is 18.8. The fourth-order valence-electron chi connectivity index (χ4n) is 4.66. The number of aromatic nitrogens is 3. The molecule has 206 valence electrons. The van der Waals surface area contributed by atoms with Gasteiger partial charge >= 0.3 is 0 Å². The number of nitrogen functional groups attached to an aromatic ring is 1. The van der Waals surface area contributed by atoms with Crippen LogP contribution >= 0.6 is 0 Å². The van der Waals surface area contributed by atoms with Gasteiger partial charge in [0.05, 0.1) is 36.9 Å². The molecule has 5 rings (SSSR count). The molecule has 39 heavy (non-hydrogen) atoms. The van der Waals surface area contributed by atoms with Gasteiger partial charge in [0.15, 0.2) is 23.1 Å². The number of methoxy groups -OCH3 is 2. The molecule has 1 aliphatic heterocycles. The maximum Gasteiger partial charge on any atom is 0.255 e. The molecule has 11 nitrogen and oxygen atoms in total. The lowest BCUT2D eigenvalue weighted by Crippen LogP contribution is -2.28. The van der Waals surface area contributed by atoms with Crippen molar-refractivity contribution in [3.8, 4) is 17.4 Å². The van der Waals surface area contributed by atoms with Gasteiger partial charge in [0.25, 0.3) is 5.91 Å². The average molecular weight is 543 g/mol. The second kappa shape index (κ2) is 10.4. The molecule has 0 unspecified atom stereocenters. The van der Waals surface area contributed by atoms with Gasteiger partial charge in [0.2, 0.25) is 11.8 Å². The summed E-state index contributed by atoms with van der Waals surface area (Å²) in [5.74, 6) is -2.97. The van der Waals surface area contributed by atoms with Crippen LogP contribution in [0.3, 0.4) is 0 Å². The summed E-state index contributed by atoms with van der Waals surface area (Å²) in [6.07, 6.45) is 4.91. The lowest BCUT2D eigenvalue weighted by atomic mass is 10.1. The van der Waals surface area contributed by atoms with Crippen LogP contribution in [0.4, 0.5) is 14.6 Å². The molecule has 1 atom stereocenters. The van der Waals surface area contributed by atoms with Gasteiger partial charge in [0.1, 0.15) is 17.8 Å².